The number of nitrogens with zero attached hydrogens (tertiary/aromatic N) is 1. The number of ether oxygens (including phenoxy) is 1. The highest BCUT2D eigenvalue weighted by Gasteiger charge is 2.11. The van der Waals surface area contributed by atoms with Crippen molar-refractivity contribution >= 4 is 5.69 Å². The smallest absolute Gasteiger partial charge is 0.270 e. The van der Waals surface area contributed by atoms with E-state index in [0.717, 1.165) is 5.56 Å². The van der Waals surface area contributed by atoms with E-state index in [1.54, 1.807) is 20.0 Å². The predicted molar refractivity (Wildman–Crippen MR) is 67.7 cm³/mol. The average Bonchev–Trinajstić information content (AvgIpc) is 2.30. The summed E-state index contributed by atoms with van der Waals surface area (Å²) in [7, 11) is 1.76. The van der Waals surface area contributed by atoms with Crippen LogP contribution in [-0.4, -0.2) is 29.8 Å². The standard InChI is InChI=1S/C12H18N2O4/c1-9(15)5-6-18-12-4-3-11(14(16)17)7-10(12)8-13-2/h3-4,7,9,13,15H,5-6,8H2,1-2H3. The predicted octanol–water partition coefficient (Wildman–Crippen LogP) is 1.46. The van der Waals surface area contributed by atoms with Gasteiger partial charge in [-0.2, -0.15) is 0 Å². The van der Waals surface area contributed by atoms with E-state index in [4.69, 9.17) is 9.84 Å². The third-order valence-electron chi connectivity index (χ3n) is 2.42. The Kier molecular flexibility index (Phi) is 5.54. The van der Waals surface area contributed by atoms with Gasteiger partial charge in [-0.3, -0.25) is 10.1 Å². The minimum Gasteiger partial charge on any atom is -0.493 e. The lowest BCUT2D eigenvalue weighted by Crippen LogP contribution is -2.11. The fraction of sp³-hybridized carbons (Fsp3) is 0.500. The van der Waals surface area contributed by atoms with Gasteiger partial charge in [-0.25, -0.2) is 0 Å². The van der Waals surface area contributed by atoms with Gasteiger partial charge in [0.2, 0.25) is 0 Å². The number of hydrogen-bond donors (Lipinski definition) is 2. The lowest BCUT2D eigenvalue weighted by Gasteiger charge is -2.12. The van der Waals surface area contributed by atoms with Crippen molar-refractivity contribution in [2.24, 2.45) is 0 Å². The molecule has 0 amide bonds. The van der Waals surface area contributed by atoms with Gasteiger partial charge in [0, 0.05) is 30.7 Å². The van der Waals surface area contributed by atoms with Crippen LogP contribution in [0.5, 0.6) is 5.75 Å². The molecule has 0 fully saturated rings. The third-order valence-corrected chi connectivity index (χ3v) is 2.42. The Balaban J connectivity index is 2.79. The molecule has 100 valence electrons. The molecule has 0 radical (unpaired) electrons. The normalized spacial score (nSPS) is 12.2. The summed E-state index contributed by atoms with van der Waals surface area (Å²) >= 11 is 0. The summed E-state index contributed by atoms with van der Waals surface area (Å²) in [6, 6.07) is 4.50. The quantitative estimate of drug-likeness (QED) is 0.568. The SMILES string of the molecule is CNCc1cc([N+](=O)[O-])ccc1OCCC(C)O. The van der Waals surface area contributed by atoms with Crippen LogP contribution in [-0.2, 0) is 6.54 Å². The van der Waals surface area contributed by atoms with Gasteiger partial charge >= 0.3 is 0 Å². The van der Waals surface area contributed by atoms with Crippen LogP contribution in [0.1, 0.15) is 18.9 Å². The maximum Gasteiger partial charge on any atom is 0.270 e. The van der Waals surface area contributed by atoms with E-state index in [0.29, 0.717) is 25.3 Å². The summed E-state index contributed by atoms with van der Waals surface area (Å²) in [4.78, 5) is 10.3. The Hall–Kier alpha value is -1.66. The fourth-order valence-corrected chi connectivity index (χ4v) is 1.49. The molecular formula is C12H18N2O4. The molecule has 0 spiro atoms. The molecule has 1 rings (SSSR count). The monoisotopic (exact) mass is 254 g/mol. The number of aliphatic hydroxyl groups excluding tert-OH is 1. The molecule has 1 aromatic carbocycles. The van der Waals surface area contributed by atoms with Crippen molar-refractivity contribution < 1.29 is 14.8 Å². The lowest BCUT2D eigenvalue weighted by molar-refractivity contribution is -0.384. The van der Waals surface area contributed by atoms with E-state index < -0.39 is 11.0 Å². The summed E-state index contributed by atoms with van der Waals surface area (Å²) in [5.74, 6) is 0.607. The first-order valence-electron chi connectivity index (χ1n) is 5.77. The van der Waals surface area contributed by atoms with E-state index >= 15 is 0 Å². The first-order chi connectivity index (χ1) is 8.54. The van der Waals surface area contributed by atoms with Gasteiger partial charge < -0.3 is 15.2 Å². The first-order valence-corrected chi connectivity index (χ1v) is 5.77. The van der Waals surface area contributed by atoms with Crippen molar-refractivity contribution in [1.29, 1.82) is 0 Å². The second-order valence-electron chi connectivity index (χ2n) is 4.07. The van der Waals surface area contributed by atoms with Crippen LogP contribution in [0.15, 0.2) is 18.2 Å². The van der Waals surface area contributed by atoms with Crippen LogP contribution in [0.2, 0.25) is 0 Å². The van der Waals surface area contributed by atoms with Gasteiger partial charge in [-0.15, -0.1) is 0 Å². The molecule has 6 nitrogen and oxygen atoms in total. The highest BCUT2D eigenvalue weighted by molar-refractivity contribution is 5.43. The number of aliphatic hydroxyl groups is 1. The molecule has 0 saturated heterocycles. The topological polar surface area (TPSA) is 84.6 Å². The highest BCUT2D eigenvalue weighted by atomic mass is 16.6. The van der Waals surface area contributed by atoms with Crippen molar-refractivity contribution in [2.45, 2.75) is 26.0 Å². The van der Waals surface area contributed by atoms with Crippen molar-refractivity contribution in [3.05, 3.63) is 33.9 Å². The average molecular weight is 254 g/mol. The van der Waals surface area contributed by atoms with Gasteiger partial charge in [0.1, 0.15) is 5.75 Å². The highest BCUT2D eigenvalue weighted by Crippen LogP contribution is 2.24. The molecule has 0 aromatic heterocycles. The number of benzene rings is 1. The lowest BCUT2D eigenvalue weighted by atomic mass is 10.1. The van der Waals surface area contributed by atoms with E-state index in [2.05, 4.69) is 5.32 Å². The van der Waals surface area contributed by atoms with Crippen molar-refractivity contribution in [3.8, 4) is 5.75 Å². The molecular weight excluding hydrogens is 236 g/mol. The number of rotatable bonds is 7. The van der Waals surface area contributed by atoms with Gasteiger partial charge in [-0.1, -0.05) is 0 Å². The summed E-state index contributed by atoms with van der Waals surface area (Å²) in [6.45, 7) is 2.56. The summed E-state index contributed by atoms with van der Waals surface area (Å²) in [6.07, 6.45) is 0.103. The number of nitro groups is 1. The Morgan fingerprint density at radius 2 is 2.28 bits per heavy atom. The molecule has 6 heteroatoms. The Bertz CT molecular complexity index is 407. The molecule has 0 bridgehead atoms. The molecule has 1 atom stereocenters. The summed E-state index contributed by atoms with van der Waals surface area (Å²) in [5.41, 5.74) is 0.778. The fourth-order valence-electron chi connectivity index (χ4n) is 1.49. The molecule has 0 aliphatic rings. The molecule has 0 saturated carbocycles. The summed E-state index contributed by atoms with van der Waals surface area (Å²) < 4.78 is 5.51. The van der Waals surface area contributed by atoms with Gasteiger partial charge in [0.15, 0.2) is 0 Å². The van der Waals surface area contributed by atoms with Crippen molar-refractivity contribution in [2.75, 3.05) is 13.7 Å². The molecule has 2 N–H and O–H groups in total. The zero-order chi connectivity index (χ0) is 13.5. The van der Waals surface area contributed by atoms with Crippen molar-refractivity contribution in [1.82, 2.24) is 5.32 Å². The number of nitrogens with one attached hydrogen (secondary N) is 1. The molecule has 0 aliphatic carbocycles. The van der Waals surface area contributed by atoms with E-state index in [-0.39, 0.29) is 5.69 Å². The van der Waals surface area contributed by atoms with Crippen LogP contribution in [0.3, 0.4) is 0 Å². The van der Waals surface area contributed by atoms with Crippen molar-refractivity contribution in [3.63, 3.8) is 0 Å². The second kappa shape index (κ2) is 6.93. The number of hydrogen-bond acceptors (Lipinski definition) is 5. The largest absolute Gasteiger partial charge is 0.493 e. The van der Waals surface area contributed by atoms with Crippen LogP contribution in [0.25, 0.3) is 0 Å². The first kappa shape index (κ1) is 14.4. The second-order valence-corrected chi connectivity index (χ2v) is 4.07. The zero-order valence-corrected chi connectivity index (χ0v) is 10.5. The summed E-state index contributed by atoms with van der Waals surface area (Å²) in [5, 5.41) is 22.8. The molecule has 0 heterocycles. The van der Waals surface area contributed by atoms with Crippen LogP contribution in [0, 0.1) is 10.1 Å². The van der Waals surface area contributed by atoms with E-state index in [9.17, 15) is 10.1 Å². The van der Waals surface area contributed by atoms with E-state index in [1.165, 1.54) is 12.1 Å². The Morgan fingerprint density at radius 1 is 1.56 bits per heavy atom. The van der Waals surface area contributed by atoms with Gasteiger partial charge in [0.05, 0.1) is 17.6 Å². The minimum absolute atomic E-state index is 0.0446. The molecule has 18 heavy (non-hydrogen) atoms. The Labute approximate surface area is 106 Å². The third kappa shape index (κ3) is 4.31. The van der Waals surface area contributed by atoms with Crippen LogP contribution < -0.4 is 10.1 Å². The number of non-ortho nitro benzene ring substituents is 1. The van der Waals surface area contributed by atoms with Gasteiger partial charge in [0.25, 0.3) is 5.69 Å². The maximum atomic E-state index is 10.7. The van der Waals surface area contributed by atoms with Gasteiger partial charge in [-0.05, 0) is 20.0 Å². The number of nitro benzene ring substituents is 1. The maximum absolute atomic E-state index is 10.7. The molecule has 1 unspecified atom stereocenters. The Morgan fingerprint density at radius 3 is 2.83 bits per heavy atom. The van der Waals surface area contributed by atoms with Crippen LogP contribution in [0.4, 0.5) is 5.69 Å². The van der Waals surface area contributed by atoms with E-state index in [1.807, 2.05) is 0 Å². The molecule has 0 aliphatic heterocycles. The zero-order valence-electron chi connectivity index (χ0n) is 10.5. The molecule has 1 aromatic rings. The van der Waals surface area contributed by atoms with Crippen LogP contribution >= 0.6 is 0 Å². The minimum atomic E-state index is -0.432.